The van der Waals surface area contributed by atoms with Crippen LogP contribution in [0, 0.1) is 12.1 Å². The predicted octanol–water partition coefficient (Wildman–Crippen LogP) is 8.34. The summed E-state index contributed by atoms with van der Waals surface area (Å²) in [6.45, 7) is 7.00. The van der Waals surface area contributed by atoms with Gasteiger partial charge in [0.25, 0.3) is 0 Å². The van der Waals surface area contributed by atoms with Crippen molar-refractivity contribution >= 4 is 57.3 Å². The van der Waals surface area contributed by atoms with Crippen LogP contribution in [0.25, 0.3) is 55.6 Å². The summed E-state index contributed by atoms with van der Waals surface area (Å²) in [5.74, 6) is 4.96. The Hall–Kier alpha value is -3.61. The largest absolute Gasteiger partial charge is 0 e. The molecule has 0 spiro atoms. The Balaban J connectivity index is 0.000000181. The zero-order valence-electron chi connectivity index (χ0n) is 26.1. The van der Waals surface area contributed by atoms with Crippen molar-refractivity contribution in [3.05, 3.63) is 128 Å². The van der Waals surface area contributed by atoms with Crippen LogP contribution in [-0.4, -0.2) is 31.3 Å². The van der Waals surface area contributed by atoms with Gasteiger partial charge in [-0.2, -0.15) is 0 Å². The maximum atomic E-state index is 6.59. The number of pyridine rings is 2. The van der Waals surface area contributed by atoms with E-state index in [0.29, 0.717) is 0 Å². The molecule has 7 aromatic rings. The summed E-state index contributed by atoms with van der Waals surface area (Å²) < 4.78 is 9.64. The molecule has 1 aliphatic heterocycles. The first kappa shape index (κ1) is 31.4. The van der Waals surface area contributed by atoms with Crippen molar-refractivity contribution in [2.24, 2.45) is 0 Å². The first-order chi connectivity index (χ1) is 21.2. The van der Waals surface area contributed by atoms with Gasteiger partial charge >= 0.3 is 166 Å². The van der Waals surface area contributed by atoms with Gasteiger partial charge < -0.3 is 4.98 Å². The molecule has 0 atom stereocenters. The molecule has 45 heavy (non-hydrogen) atoms. The topological polar surface area (TPSA) is 38.9 Å². The molecule has 3 aromatic heterocycles. The van der Waals surface area contributed by atoms with E-state index >= 15 is 0 Å². The van der Waals surface area contributed by atoms with Gasteiger partial charge in [0.2, 0.25) is 0 Å². The third kappa shape index (κ3) is 5.68. The van der Waals surface area contributed by atoms with Crippen LogP contribution in [0.1, 0.15) is 0 Å². The summed E-state index contributed by atoms with van der Waals surface area (Å²) in [4.78, 5) is 9.04. The normalized spacial score (nSPS) is 13.0. The molecule has 4 heterocycles. The molecule has 8 rings (SSSR count). The van der Waals surface area contributed by atoms with E-state index < -0.39 is 21.3 Å². The number of nitrogens with zero attached hydrogens (tertiary/aromatic N) is 2. The summed E-state index contributed by atoms with van der Waals surface area (Å²) in [7, 11) is -1.23. The van der Waals surface area contributed by atoms with Gasteiger partial charge in [0, 0.05) is 26.3 Å². The Morgan fingerprint density at radius 2 is 1.44 bits per heavy atom. The second-order valence-electron chi connectivity index (χ2n) is 12.9. The van der Waals surface area contributed by atoms with Gasteiger partial charge in [0.15, 0.2) is 0 Å². The van der Waals surface area contributed by atoms with E-state index in [-0.39, 0.29) is 20.1 Å². The molecule has 6 heteroatoms. The van der Waals surface area contributed by atoms with Gasteiger partial charge in [-0.1, -0.05) is 31.8 Å². The molecule has 225 valence electrons. The van der Waals surface area contributed by atoms with Crippen LogP contribution in [0.5, 0.6) is 0 Å². The van der Waals surface area contributed by atoms with Gasteiger partial charge in [-0.3, -0.25) is 0 Å². The molecule has 0 amide bonds. The number of rotatable bonds is 3. The number of fused-ring (bicyclic) bond motifs is 7. The minimum Gasteiger partial charge on any atom is 0 e. The number of aromatic nitrogens is 2. The van der Waals surface area contributed by atoms with E-state index in [1.54, 1.807) is 4.40 Å². The third-order valence-corrected chi connectivity index (χ3v) is 18.1. The van der Waals surface area contributed by atoms with Crippen LogP contribution in [0.4, 0.5) is 0 Å². The van der Waals surface area contributed by atoms with Crippen molar-refractivity contribution in [2.75, 3.05) is 0 Å². The molecule has 0 unspecified atom stereocenters. The van der Waals surface area contributed by atoms with E-state index in [0.717, 1.165) is 39.1 Å². The van der Waals surface area contributed by atoms with Gasteiger partial charge in [-0.15, -0.1) is 35.9 Å². The Kier molecular flexibility index (Phi) is 8.57. The maximum absolute atomic E-state index is 6.59. The number of benzene rings is 4. The Bertz CT molecular complexity index is 2120. The Morgan fingerprint density at radius 1 is 0.667 bits per heavy atom. The summed E-state index contributed by atoms with van der Waals surface area (Å²) in [6.07, 6.45) is 3.83. The van der Waals surface area contributed by atoms with E-state index in [4.69, 9.17) is 4.42 Å². The third-order valence-electron chi connectivity index (χ3n) is 8.68. The van der Waals surface area contributed by atoms with Crippen LogP contribution < -0.4 is 14.0 Å². The van der Waals surface area contributed by atoms with Crippen molar-refractivity contribution in [1.82, 2.24) is 9.97 Å². The molecule has 0 saturated heterocycles. The first-order valence-electron chi connectivity index (χ1n) is 15.1. The summed E-state index contributed by atoms with van der Waals surface area (Å²) >= 11 is -2.29. The predicted molar refractivity (Wildman–Crippen MR) is 189 cm³/mol. The van der Waals surface area contributed by atoms with Gasteiger partial charge in [-0.25, -0.2) is 0 Å². The molecule has 1 radical (unpaired) electrons. The molecule has 3 nitrogen and oxygen atoms in total. The van der Waals surface area contributed by atoms with Crippen molar-refractivity contribution in [3.63, 3.8) is 0 Å². The van der Waals surface area contributed by atoms with Crippen LogP contribution in [0.2, 0.25) is 31.2 Å². The zero-order chi connectivity index (χ0) is 30.5. The SMILES string of the molecule is C[Si](C)(C)c1ccc(-c2[c-]cccc2)nc1.[CH3][Ge]1([CH3])[c]2ccccc2-c2[c]1ccc1c2oc2c(-c3ccccn3)[c-]ccc21.[Ir]. The van der Waals surface area contributed by atoms with E-state index in [2.05, 4.69) is 108 Å². The van der Waals surface area contributed by atoms with Gasteiger partial charge in [0.1, 0.15) is 0 Å². The molecule has 0 N–H and O–H groups in total. The molecular formula is C39H34GeIrN2OSi-2. The fraction of sp³-hybridized carbons (Fsp3) is 0.128. The van der Waals surface area contributed by atoms with E-state index in [9.17, 15) is 0 Å². The monoisotopic (exact) mass is 841 g/mol. The quantitative estimate of drug-likeness (QED) is 0.133. The molecule has 4 aromatic carbocycles. The fourth-order valence-corrected chi connectivity index (χ4v) is 13.7. The minimum absolute atomic E-state index is 0. The zero-order valence-corrected chi connectivity index (χ0v) is 31.6. The minimum atomic E-state index is -2.29. The van der Waals surface area contributed by atoms with Crippen molar-refractivity contribution in [2.45, 2.75) is 31.2 Å². The number of furan rings is 1. The molecule has 0 saturated carbocycles. The summed E-state index contributed by atoms with van der Waals surface area (Å²) in [5, 5.41) is 3.70. The van der Waals surface area contributed by atoms with Crippen molar-refractivity contribution < 1.29 is 24.5 Å². The fourth-order valence-electron chi connectivity index (χ4n) is 6.24. The second kappa shape index (κ2) is 12.3. The van der Waals surface area contributed by atoms with E-state index in [1.165, 1.54) is 26.1 Å². The molecule has 0 aliphatic carbocycles. The molecule has 0 bridgehead atoms. The summed E-state index contributed by atoms with van der Waals surface area (Å²) in [5.41, 5.74) is 8.42. The van der Waals surface area contributed by atoms with Gasteiger partial charge in [-0.05, 0) is 10.9 Å². The Labute approximate surface area is 282 Å². The van der Waals surface area contributed by atoms with Crippen molar-refractivity contribution in [1.29, 1.82) is 0 Å². The first-order valence-corrected chi connectivity index (χ1v) is 24.9. The standard InChI is InChI=1S/C25H18GeNO.C14H16NSi.Ir/c1-26(2)20-11-4-3-8-18(20)23-21(26)14-13-17-16-9-7-10-19(24(16)28-25(17)23)22-12-5-6-15-27-22;1-16(2,3)13-9-10-14(15-11-13)12-7-5-4-6-8-12;/h3-9,11-15H,1-2H3;4-7,9-11H,1-3H3;/q2*-1;. The average molecular weight is 840 g/mol. The van der Waals surface area contributed by atoms with Crippen LogP contribution in [0.3, 0.4) is 0 Å². The Morgan fingerprint density at radius 3 is 2.16 bits per heavy atom. The van der Waals surface area contributed by atoms with Crippen LogP contribution in [0.15, 0.2) is 120 Å². The second-order valence-corrected chi connectivity index (χ2v) is 27.1. The molecular weight excluding hydrogens is 805 g/mol. The smallest absolute Gasteiger partial charge is 0 e. The number of hydrogen-bond donors (Lipinski definition) is 0. The summed E-state index contributed by atoms with van der Waals surface area (Å²) in [6, 6.07) is 42.3. The maximum Gasteiger partial charge on any atom is 0 e. The molecule has 0 fully saturated rings. The average Bonchev–Trinajstić information content (AvgIpc) is 3.54. The van der Waals surface area contributed by atoms with E-state index in [1.807, 2.05) is 60.9 Å². The molecule has 1 aliphatic rings. The number of hydrogen-bond acceptors (Lipinski definition) is 3. The van der Waals surface area contributed by atoms with Crippen LogP contribution in [-0.2, 0) is 20.1 Å². The van der Waals surface area contributed by atoms with Crippen molar-refractivity contribution in [3.8, 4) is 33.6 Å². The van der Waals surface area contributed by atoms with Gasteiger partial charge in [0.05, 0.1) is 8.07 Å². The van der Waals surface area contributed by atoms with Crippen LogP contribution >= 0.6 is 0 Å².